The van der Waals surface area contributed by atoms with Crippen LogP contribution in [0.5, 0.6) is 11.5 Å². The number of hydrogen-bond acceptors (Lipinski definition) is 5. The van der Waals surface area contributed by atoms with Crippen LogP contribution < -0.4 is 20.1 Å². The van der Waals surface area contributed by atoms with Gasteiger partial charge in [-0.1, -0.05) is 22.0 Å². The van der Waals surface area contributed by atoms with Gasteiger partial charge in [0.05, 0.1) is 18.8 Å². The van der Waals surface area contributed by atoms with E-state index in [1.165, 1.54) is 0 Å². The van der Waals surface area contributed by atoms with Crippen LogP contribution in [-0.2, 0) is 6.42 Å². The molecule has 0 saturated carbocycles. The lowest BCUT2D eigenvalue weighted by molar-refractivity contribution is 0.102. The standard InChI is InChI=1S/C24H26BrN3O3/c1-3-30-21-12-7-17(16-22(21)31-4-2)13-15-27-23-20(6-5-14-26-23)24(29)28-19-10-8-18(25)9-11-19/h5-12,14,16H,3-4,13,15H2,1-2H3,(H,26,27)(H,28,29). The first-order valence-electron chi connectivity index (χ1n) is 10.2. The second kappa shape index (κ2) is 11.4. The molecule has 0 aliphatic heterocycles. The molecule has 0 fully saturated rings. The molecule has 0 atom stereocenters. The Balaban J connectivity index is 1.64. The normalized spacial score (nSPS) is 10.4. The highest BCUT2D eigenvalue weighted by Gasteiger charge is 2.13. The predicted octanol–water partition coefficient (Wildman–Crippen LogP) is 5.55. The van der Waals surface area contributed by atoms with E-state index in [1.54, 1.807) is 18.3 Å². The highest BCUT2D eigenvalue weighted by molar-refractivity contribution is 9.10. The fraction of sp³-hybridized carbons (Fsp3) is 0.250. The van der Waals surface area contributed by atoms with Crippen molar-refractivity contribution in [1.29, 1.82) is 0 Å². The van der Waals surface area contributed by atoms with Gasteiger partial charge in [0.15, 0.2) is 11.5 Å². The molecule has 3 aromatic rings. The molecular formula is C24H26BrN3O3. The van der Waals surface area contributed by atoms with Crippen molar-refractivity contribution in [2.24, 2.45) is 0 Å². The van der Waals surface area contributed by atoms with Crippen molar-refractivity contribution < 1.29 is 14.3 Å². The lowest BCUT2D eigenvalue weighted by Crippen LogP contribution is -2.16. The van der Waals surface area contributed by atoms with Crippen molar-refractivity contribution in [2.45, 2.75) is 20.3 Å². The molecule has 6 nitrogen and oxygen atoms in total. The van der Waals surface area contributed by atoms with Gasteiger partial charge in [0.1, 0.15) is 5.82 Å². The third kappa shape index (κ3) is 6.46. The minimum Gasteiger partial charge on any atom is -0.490 e. The smallest absolute Gasteiger partial charge is 0.259 e. The van der Waals surface area contributed by atoms with Gasteiger partial charge in [-0.05, 0) is 74.4 Å². The van der Waals surface area contributed by atoms with Crippen LogP contribution in [0.25, 0.3) is 0 Å². The molecule has 2 aromatic carbocycles. The van der Waals surface area contributed by atoms with Gasteiger partial charge in [-0.15, -0.1) is 0 Å². The molecule has 0 aliphatic carbocycles. The summed E-state index contributed by atoms with van der Waals surface area (Å²) in [6.07, 6.45) is 2.42. The van der Waals surface area contributed by atoms with E-state index in [0.29, 0.717) is 31.1 Å². The molecule has 0 radical (unpaired) electrons. The van der Waals surface area contributed by atoms with E-state index in [-0.39, 0.29) is 5.91 Å². The molecular weight excluding hydrogens is 458 g/mol. The summed E-state index contributed by atoms with van der Waals surface area (Å²) in [7, 11) is 0. The molecule has 7 heteroatoms. The summed E-state index contributed by atoms with van der Waals surface area (Å²) in [5, 5.41) is 6.18. The van der Waals surface area contributed by atoms with E-state index in [0.717, 1.165) is 33.6 Å². The fourth-order valence-electron chi connectivity index (χ4n) is 3.04. The monoisotopic (exact) mass is 483 g/mol. The first kappa shape index (κ1) is 22.6. The van der Waals surface area contributed by atoms with Crippen molar-refractivity contribution in [2.75, 3.05) is 30.4 Å². The highest BCUT2D eigenvalue weighted by Crippen LogP contribution is 2.28. The number of ether oxygens (including phenoxy) is 2. The zero-order valence-electron chi connectivity index (χ0n) is 17.7. The van der Waals surface area contributed by atoms with Gasteiger partial charge >= 0.3 is 0 Å². The second-order valence-electron chi connectivity index (χ2n) is 6.68. The lowest BCUT2D eigenvalue weighted by atomic mass is 10.1. The molecule has 0 spiro atoms. The van der Waals surface area contributed by atoms with Gasteiger partial charge < -0.3 is 20.1 Å². The summed E-state index contributed by atoms with van der Waals surface area (Å²) in [5.74, 6) is 1.83. The maximum absolute atomic E-state index is 12.7. The summed E-state index contributed by atoms with van der Waals surface area (Å²) in [6, 6.07) is 16.9. The quantitative estimate of drug-likeness (QED) is 0.395. The van der Waals surface area contributed by atoms with Crippen LogP contribution in [0.2, 0.25) is 0 Å². The molecule has 0 saturated heterocycles. The number of benzene rings is 2. The van der Waals surface area contributed by atoms with Gasteiger partial charge in [0.2, 0.25) is 0 Å². The van der Waals surface area contributed by atoms with Gasteiger partial charge in [0, 0.05) is 22.9 Å². The van der Waals surface area contributed by atoms with Gasteiger partial charge in [-0.2, -0.15) is 0 Å². The molecule has 1 aromatic heterocycles. The topological polar surface area (TPSA) is 72.5 Å². The Kier molecular flexibility index (Phi) is 8.29. The molecule has 162 valence electrons. The van der Waals surface area contributed by atoms with E-state index >= 15 is 0 Å². The van der Waals surface area contributed by atoms with Crippen molar-refractivity contribution >= 4 is 33.3 Å². The van der Waals surface area contributed by atoms with Crippen molar-refractivity contribution in [3.8, 4) is 11.5 Å². The van der Waals surface area contributed by atoms with Crippen LogP contribution in [0.1, 0.15) is 29.8 Å². The zero-order chi connectivity index (χ0) is 22.1. The number of amides is 1. The van der Waals surface area contributed by atoms with Crippen LogP contribution in [0.15, 0.2) is 65.3 Å². The van der Waals surface area contributed by atoms with Crippen LogP contribution in [-0.4, -0.2) is 30.6 Å². The first-order valence-corrected chi connectivity index (χ1v) is 11.0. The Hall–Kier alpha value is -3.06. The molecule has 0 aliphatic rings. The number of halogens is 1. The maximum atomic E-state index is 12.7. The summed E-state index contributed by atoms with van der Waals surface area (Å²) in [6.45, 7) is 5.68. The molecule has 0 unspecified atom stereocenters. The van der Waals surface area contributed by atoms with Crippen LogP contribution in [0.4, 0.5) is 11.5 Å². The lowest BCUT2D eigenvalue weighted by Gasteiger charge is -2.14. The van der Waals surface area contributed by atoms with Gasteiger partial charge in [-0.25, -0.2) is 4.98 Å². The van der Waals surface area contributed by atoms with Crippen LogP contribution >= 0.6 is 15.9 Å². The average molecular weight is 484 g/mol. The average Bonchev–Trinajstić information content (AvgIpc) is 2.77. The van der Waals surface area contributed by atoms with Crippen molar-refractivity contribution in [1.82, 2.24) is 4.98 Å². The van der Waals surface area contributed by atoms with Gasteiger partial charge in [-0.3, -0.25) is 4.79 Å². The largest absolute Gasteiger partial charge is 0.490 e. The van der Waals surface area contributed by atoms with Crippen molar-refractivity contribution in [3.05, 3.63) is 76.4 Å². The Labute approximate surface area is 191 Å². The molecule has 1 amide bonds. The first-order chi connectivity index (χ1) is 15.1. The maximum Gasteiger partial charge on any atom is 0.259 e. The number of hydrogen-bond donors (Lipinski definition) is 2. The fourth-order valence-corrected chi connectivity index (χ4v) is 3.30. The minimum atomic E-state index is -0.211. The zero-order valence-corrected chi connectivity index (χ0v) is 19.2. The summed E-state index contributed by atoms with van der Waals surface area (Å²) >= 11 is 3.39. The van der Waals surface area contributed by atoms with E-state index in [4.69, 9.17) is 9.47 Å². The summed E-state index contributed by atoms with van der Waals surface area (Å²) in [5.41, 5.74) is 2.32. The highest BCUT2D eigenvalue weighted by atomic mass is 79.9. The summed E-state index contributed by atoms with van der Waals surface area (Å²) < 4.78 is 12.3. The molecule has 31 heavy (non-hydrogen) atoms. The van der Waals surface area contributed by atoms with Crippen LogP contribution in [0, 0.1) is 0 Å². The molecule has 3 rings (SSSR count). The predicted molar refractivity (Wildman–Crippen MR) is 127 cm³/mol. The Morgan fingerprint density at radius 1 is 1.00 bits per heavy atom. The third-order valence-corrected chi connectivity index (χ3v) is 5.00. The number of carbonyl (C=O) groups excluding carboxylic acids is 1. The van der Waals surface area contributed by atoms with E-state index in [9.17, 15) is 4.79 Å². The number of nitrogens with one attached hydrogen (secondary N) is 2. The van der Waals surface area contributed by atoms with Crippen LogP contribution in [0.3, 0.4) is 0 Å². The van der Waals surface area contributed by atoms with E-state index in [1.807, 2.05) is 56.3 Å². The summed E-state index contributed by atoms with van der Waals surface area (Å²) in [4.78, 5) is 17.1. The molecule has 0 bridgehead atoms. The third-order valence-electron chi connectivity index (χ3n) is 4.47. The Morgan fingerprint density at radius 3 is 2.48 bits per heavy atom. The number of nitrogens with zero attached hydrogens (tertiary/aromatic N) is 1. The number of anilines is 2. The van der Waals surface area contributed by atoms with E-state index < -0.39 is 0 Å². The van der Waals surface area contributed by atoms with Gasteiger partial charge in [0.25, 0.3) is 5.91 Å². The number of rotatable bonds is 10. The minimum absolute atomic E-state index is 0.211. The molecule has 1 heterocycles. The number of pyridine rings is 1. The SMILES string of the molecule is CCOc1ccc(CCNc2ncccc2C(=O)Nc2ccc(Br)cc2)cc1OCC. The van der Waals surface area contributed by atoms with Crippen molar-refractivity contribution in [3.63, 3.8) is 0 Å². The number of aromatic nitrogens is 1. The number of carbonyl (C=O) groups is 1. The molecule has 2 N–H and O–H groups in total. The van der Waals surface area contributed by atoms with E-state index in [2.05, 4.69) is 31.5 Å². The second-order valence-corrected chi connectivity index (χ2v) is 7.60. The Bertz CT molecular complexity index is 1010. The Morgan fingerprint density at radius 2 is 1.74 bits per heavy atom.